The van der Waals surface area contributed by atoms with Crippen LogP contribution in [0.3, 0.4) is 0 Å². The van der Waals surface area contributed by atoms with Gasteiger partial charge in [-0.25, -0.2) is 0 Å². The molecule has 0 aliphatic heterocycles. The van der Waals surface area contributed by atoms with Gasteiger partial charge in [-0.1, -0.05) is 24.6 Å². The summed E-state index contributed by atoms with van der Waals surface area (Å²) in [7, 11) is 0. The van der Waals surface area contributed by atoms with Crippen LogP contribution >= 0.6 is 11.6 Å². The summed E-state index contributed by atoms with van der Waals surface area (Å²) in [5.41, 5.74) is 2.81. The molecule has 6 heteroatoms. The number of aromatic amines is 1. The zero-order chi connectivity index (χ0) is 14.7. The highest BCUT2D eigenvalue weighted by Crippen LogP contribution is 2.21. The molecule has 0 saturated heterocycles. The van der Waals surface area contributed by atoms with E-state index in [1.54, 1.807) is 13.1 Å². The molecule has 0 radical (unpaired) electrons. The zero-order valence-corrected chi connectivity index (χ0v) is 12.5. The van der Waals surface area contributed by atoms with Crippen LogP contribution in [0.15, 0.2) is 18.3 Å². The molecule has 2 rings (SSSR count). The number of hydrogen-bond acceptors (Lipinski definition) is 3. The summed E-state index contributed by atoms with van der Waals surface area (Å²) >= 11 is 6.04. The smallest absolute Gasteiger partial charge is 0.273 e. The van der Waals surface area contributed by atoms with Gasteiger partial charge < -0.3 is 5.32 Å². The molecule has 0 aliphatic carbocycles. The second kappa shape index (κ2) is 6.05. The first-order valence-corrected chi connectivity index (χ1v) is 6.85. The topological polar surface area (TPSA) is 70.7 Å². The van der Waals surface area contributed by atoms with Crippen molar-refractivity contribution < 1.29 is 4.79 Å². The van der Waals surface area contributed by atoms with Crippen molar-refractivity contribution >= 4 is 17.5 Å². The summed E-state index contributed by atoms with van der Waals surface area (Å²) < 4.78 is 0. The van der Waals surface area contributed by atoms with Crippen LogP contribution in [0.2, 0.25) is 5.02 Å². The average molecular weight is 293 g/mol. The van der Waals surface area contributed by atoms with Crippen LogP contribution in [0.5, 0.6) is 0 Å². The number of amides is 1. The van der Waals surface area contributed by atoms with Gasteiger partial charge in [0.2, 0.25) is 0 Å². The lowest BCUT2D eigenvalue weighted by molar-refractivity contribution is 0.0929. The standard InChI is InChI=1S/C14H17ClN4O/c1-4-10(12-8(2)6-5-7-16-12)17-14(20)13-11(15)9(3)18-19-13/h5-7,10H,4H2,1-3H3,(H,17,20)(H,18,19). The van der Waals surface area contributed by atoms with Gasteiger partial charge in [-0.2, -0.15) is 5.10 Å². The van der Waals surface area contributed by atoms with Crippen LogP contribution in [-0.4, -0.2) is 21.1 Å². The molecule has 0 aromatic carbocycles. The molecule has 106 valence electrons. The fourth-order valence-corrected chi connectivity index (χ4v) is 2.19. The molecule has 5 nitrogen and oxygen atoms in total. The number of aromatic nitrogens is 3. The lowest BCUT2D eigenvalue weighted by Crippen LogP contribution is -2.29. The molecule has 2 N–H and O–H groups in total. The van der Waals surface area contributed by atoms with Crippen molar-refractivity contribution in [1.29, 1.82) is 0 Å². The number of halogens is 1. The maximum absolute atomic E-state index is 12.2. The van der Waals surface area contributed by atoms with Crippen molar-refractivity contribution in [2.75, 3.05) is 0 Å². The minimum Gasteiger partial charge on any atom is -0.342 e. The van der Waals surface area contributed by atoms with Gasteiger partial charge in [-0.05, 0) is 31.9 Å². The van der Waals surface area contributed by atoms with Crippen molar-refractivity contribution in [3.63, 3.8) is 0 Å². The Morgan fingerprint density at radius 1 is 1.50 bits per heavy atom. The van der Waals surface area contributed by atoms with E-state index in [2.05, 4.69) is 20.5 Å². The Balaban J connectivity index is 2.21. The lowest BCUT2D eigenvalue weighted by Gasteiger charge is -2.17. The Morgan fingerprint density at radius 2 is 2.25 bits per heavy atom. The maximum Gasteiger partial charge on any atom is 0.273 e. The van der Waals surface area contributed by atoms with Crippen LogP contribution in [0, 0.1) is 13.8 Å². The van der Waals surface area contributed by atoms with E-state index in [1.165, 1.54) is 0 Å². The fourth-order valence-electron chi connectivity index (χ4n) is 2.02. The first-order valence-electron chi connectivity index (χ1n) is 6.47. The minimum absolute atomic E-state index is 0.156. The van der Waals surface area contributed by atoms with E-state index in [-0.39, 0.29) is 17.6 Å². The summed E-state index contributed by atoms with van der Waals surface area (Å²) in [6, 6.07) is 3.70. The fraction of sp³-hybridized carbons (Fsp3) is 0.357. The Bertz CT molecular complexity index is 623. The average Bonchev–Trinajstić information content (AvgIpc) is 2.77. The second-order valence-corrected chi connectivity index (χ2v) is 5.03. The first kappa shape index (κ1) is 14.5. The predicted molar refractivity (Wildman–Crippen MR) is 77.8 cm³/mol. The Morgan fingerprint density at radius 3 is 2.80 bits per heavy atom. The van der Waals surface area contributed by atoms with Gasteiger partial charge in [0.15, 0.2) is 5.69 Å². The summed E-state index contributed by atoms with van der Waals surface area (Å²) in [6.07, 6.45) is 2.47. The third-order valence-electron chi connectivity index (χ3n) is 3.18. The van der Waals surface area contributed by atoms with Crippen LogP contribution in [-0.2, 0) is 0 Å². The Hall–Kier alpha value is -1.88. The highest BCUT2D eigenvalue weighted by molar-refractivity contribution is 6.34. The molecular formula is C14H17ClN4O. The van der Waals surface area contributed by atoms with Crippen LogP contribution in [0.4, 0.5) is 0 Å². The highest BCUT2D eigenvalue weighted by Gasteiger charge is 2.21. The molecule has 0 fully saturated rings. The van der Waals surface area contributed by atoms with Gasteiger partial charge in [-0.15, -0.1) is 0 Å². The number of pyridine rings is 1. The largest absolute Gasteiger partial charge is 0.342 e. The first-order chi connectivity index (χ1) is 9.54. The normalized spacial score (nSPS) is 12.2. The van der Waals surface area contributed by atoms with Crippen molar-refractivity contribution in [3.05, 3.63) is 46.0 Å². The Labute approximate surface area is 122 Å². The summed E-state index contributed by atoms with van der Waals surface area (Å²) in [4.78, 5) is 16.6. The van der Waals surface area contributed by atoms with Crippen molar-refractivity contribution in [1.82, 2.24) is 20.5 Å². The second-order valence-electron chi connectivity index (χ2n) is 4.65. The lowest BCUT2D eigenvalue weighted by atomic mass is 10.1. The third-order valence-corrected chi connectivity index (χ3v) is 3.64. The maximum atomic E-state index is 12.2. The van der Waals surface area contributed by atoms with Gasteiger partial charge in [0.1, 0.15) is 0 Å². The number of nitrogens with zero attached hydrogens (tertiary/aromatic N) is 2. The van der Waals surface area contributed by atoms with E-state index in [0.717, 1.165) is 17.7 Å². The Kier molecular flexibility index (Phi) is 4.39. The molecule has 2 heterocycles. The number of nitrogens with one attached hydrogen (secondary N) is 2. The number of hydrogen-bond donors (Lipinski definition) is 2. The van der Waals surface area contributed by atoms with E-state index in [1.807, 2.05) is 26.0 Å². The van der Waals surface area contributed by atoms with Crippen molar-refractivity contribution in [2.45, 2.75) is 33.2 Å². The summed E-state index contributed by atoms with van der Waals surface area (Å²) in [5.74, 6) is -0.295. The summed E-state index contributed by atoms with van der Waals surface area (Å²) in [5, 5.41) is 9.91. The molecule has 1 atom stereocenters. The van der Waals surface area contributed by atoms with E-state index in [0.29, 0.717) is 10.7 Å². The molecular weight excluding hydrogens is 276 g/mol. The number of rotatable bonds is 4. The predicted octanol–water partition coefficient (Wildman–Crippen LogP) is 2.96. The van der Waals surface area contributed by atoms with Gasteiger partial charge in [0.05, 0.1) is 22.5 Å². The van der Waals surface area contributed by atoms with E-state index >= 15 is 0 Å². The molecule has 0 bridgehead atoms. The van der Waals surface area contributed by atoms with E-state index < -0.39 is 0 Å². The molecule has 1 amide bonds. The molecule has 1 unspecified atom stereocenters. The van der Waals surface area contributed by atoms with E-state index in [9.17, 15) is 4.79 Å². The molecule has 0 aliphatic rings. The van der Waals surface area contributed by atoms with Gasteiger partial charge in [-0.3, -0.25) is 14.9 Å². The number of H-pyrrole nitrogens is 1. The molecule has 0 saturated carbocycles. The summed E-state index contributed by atoms with van der Waals surface area (Å²) in [6.45, 7) is 5.74. The monoisotopic (exact) mass is 292 g/mol. The van der Waals surface area contributed by atoms with Crippen LogP contribution < -0.4 is 5.32 Å². The van der Waals surface area contributed by atoms with Crippen LogP contribution in [0.1, 0.15) is 46.8 Å². The van der Waals surface area contributed by atoms with Gasteiger partial charge >= 0.3 is 0 Å². The van der Waals surface area contributed by atoms with Crippen molar-refractivity contribution in [2.24, 2.45) is 0 Å². The number of carbonyl (C=O) groups is 1. The van der Waals surface area contributed by atoms with E-state index in [4.69, 9.17) is 11.6 Å². The molecule has 20 heavy (non-hydrogen) atoms. The minimum atomic E-state index is -0.295. The van der Waals surface area contributed by atoms with Crippen LogP contribution in [0.25, 0.3) is 0 Å². The molecule has 0 spiro atoms. The zero-order valence-electron chi connectivity index (χ0n) is 11.7. The van der Waals surface area contributed by atoms with Gasteiger partial charge in [0, 0.05) is 6.20 Å². The quantitative estimate of drug-likeness (QED) is 0.910. The highest BCUT2D eigenvalue weighted by atomic mass is 35.5. The van der Waals surface area contributed by atoms with Crippen molar-refractivity contribution in [3.8, 4) is 0 Å². The molecule has 2 aromatic rings. The molecule has 2 aromatic heterocycles. The number of aryl methyl sites for hydroxylation is 2. The SMILES string of the molecule is CCC(NC(=O)c1n[nH]c(C)c1Cl)c1ncccc1C. The number of carbonyl (C=O) groups excluding carboxylic acids is 1. The third kappa shape index (κ3) is 2.82. The van der Waals surface area contributed by atoms with Gasteiger partial charge in [0.25, 0.3) is 5.91 Å².